The van der Waals surface area contributed by atoms with Crippen LogP contribution in [0.15, 0.2) is 47.5 Å². The Balaban J connectivity index is 2.10. The van der Waals surface area contributed by atoms with E-state index in [0.717, 1.165) is 23.8 Å². The molecule has 160 valence electrons. The van der Waals surface area contributed by atoms with Crippen LogP contribution in [0.4, 0.5) is 13.2 Å². The molecule has 0 N–H and O–H groups in total. The predicted molar refractivity (Wildman–Crippen MR) is 104 cm³/mol. The molecule has 0 amide bonds. The topological polar surface area (TPSA) is 78.3 Å². The molecule has 0 saturated carbocycles. The van der Waals surface area contributed by atoms with Gasteiger partial charge in [0.15, 0.2) is 9.84 Å². The fraction of sp³-hybridized carbons (Fsp3) is 0.300. The summed E-state index contributed by atoms with van der Waals surface area (Å²) >= 11 is 0. The molecule has 2 aromatic heterocycles. The fourth-order valence-electron chi connectivity index (χ4n) is 3.22. The number of alkyl halides is 3. The van der Waals surface area contributed by atoms with E-state index < -0.39 is 32.4 Å². The van der Waals surface area contributed by atoms with Crippen LogP contribution < -0.4 is 0 Å². The van der Waals surface area contributed by atoms with E-state index in [1.165, 1.54) is 13.3 Å². The van der Waals surface area contributed by atoms with Crippen molar-refractivity contribution in [3.8, 4) is 0 Å². The zero-order valence-corrected chi connectivity index (χ0v) is 17.0. The third-order valence-electron chi connectivity index (χ3n) is 4.70. The van der Waals surface area contributed by atoms with Gasteiger partial charge < -0.3 is 9.30 Å². The number of aromatic nitrogens is 2. The molecule has 0 aliphatic heterocycles. The molecule has 2 heterocycles. The Bertz CT molecular complexity index is 1200. The molecule has 0 aliphatic rings. The predicted octanol–water partition coefficient (Wildman–Crippen LogP) is 3.61. The first-order valence-electron chi connectivity index (χ1n) is 8.91. The number of ether oxygens (including phenoxy) is 1. The minimum Gasteiger partial charge on any atom is -0.469 e. The van der Waals surface area contributed by atoms with E-state index in [0.29, 0.717) is 17.4 Å². The van der Waals surface area contributed by atoms with Crippen molar-refractivity contribution in [2.24, 2.45) is 0 Å². The highest BCUT2D eigenvalue weighted by Gasteiger charge is 2.34. The van der Waals surface area contributed by atoms with Gasteiger partial charge in [-0.15, -0.1) is 0 Å². The number of pyridine rings is 1. The zero-order chi connectivity index (χ0) is 22.1. The van der Waals surface area contributed by atoms with Crippen LogP contribution in [0.3, 0.4) is 0 Å². The summed E-state index contributed by atoms with van der Waals surface area (Å²) in [4.78, 5) is 15.4. The number of hydrogen-bond donors (Lipinski definition) is 0. The molecule has 0 spiro atoms. The lowest BCUT2D eigenvalue weighted by Gasteiger charge is -2.17. The van der Waals surface area contributed by atoms with Crippen LogP contribution >= 0.6 is 0 Å². The van der Waals surface area contributed by atoms with Crippen LogP contribution in [0.25, 0.3) is 11.0 Å². The second kappa shape index (κ2) is 8.10. The van der Waals surface area contributed by atoms with Gasteiger partial charge in [0.05, 0.1) is 24.0 Å². The molecule has 3 rings (SSSR count). The molecule has 0 aliphatic carbocycles. The van der Waals surface area contributed by atoms with Crippen molar-refractivity contribution in [1.29, 1.82) is 0 Å². The summed E-state index contributed by atoms with van der Waals surface area (Å²) in [6.07, 6.45) is -2.03. The molecule has 0 unspecified atom stereocenters. The molecule has 0 bridgehead atoms. The molecular formula is C20H19F3N2O4S. The van der Waals surface area contributed by atoms with E-state index in [1.807, 2.05) is 0 Å². The van der Waals surface area contributed by atoms with E-state index in [9.17, 15) is 26.4 Å². The average molecular weight is 440 g/mol. The molecule has 6 nitrogen and oxygen atoms in total. The number of carbonyl (C=O) groups excluding carboxylic acids is 1. The van der Waals surface area contributed by atoms with Crippen molar-refractivity contribution < 1.29 is 31.1 Å². The molecule has 3 aromatic rings. The normalized spacial score (nSPS) is 12.3. The van der Waals surface area contributed by atoms with Crippen molar-refractivity contribution in [1.82, 2.24) is 9.55 Å². The van der Waals surface area contributed by atoms with Crippen LogP contribution in [0.1, 0.15) is 23.2 Å². The Morgan fingerprint density at radius 3 is 2.57 bits per heavy atom. The second-order valence-electron chi connectivity index (χ2n) is 6.80. The van der Waals surface area contributed by atoms with Gasteiger partial charge in [-0.2, -0.15) is 13.2 Å². The van der Waals surface area contributed by atoms with Crippen LogP contribution in [-0.2, 0) is 38.5 Å². The Hall–Kier alpha value is -2.88. The smallest absolute Gasteiger partial charge is 0.416 e. The number of carbonyl (C=O) groups is 1. The first-order valence-corrected chi connectivity index (χ1v) is 10.8. The number of nitrogens with zero attached hydrogens (tertiary/aromatic N) is 2. The number of methoxy groups -OCH3 is 1. The summed E-state index contributed by atoms with van der Waals surface area (Å²) < 4.78 is 70.7. The fourth-order valence-corrected chi connectivity index (χ4v) is 3.86. The van der Waals surface area contributed by atoms with Gasteiger partial charge in [0.25, 0.3) is 0 Å². The van der Waals surface area contributed by atoms with Crippen molar-refractivity contribution in [2.75, 3.05) is 13.4 Å². The number of sulfone groups is 1. The lowest BCUT2D eigenvalue weighted by Crippen LogP contribution is -2.15. The van der Waals surface area contributed by atoms with Gasteiger partial charge in [-0.3, -0.25) is 4.79 Å². The highest BCUT2D eigenvalue weighted by molar-refractivity contribution is 7.90. The van der Waals surface area contributed by atoms with Gasteiger partial charge in [-0.1, -0.05) is 6.07 Å². The molecule has 10 heteroatoms. The van der Waals surface area contributed by atoms with Gasteiger partial charge in [0, 0.05) is 30.1 Å². The van der Waals surface area contributed by atoms with Crippen LogP contribution in [-0.4, -0.2) is 37.3 Å². The van der Waals surface area contributed by atoms with Gasteiger partial charge in [0.1, 0.15) is 5.65 Å². The largest absolute Gasteiger partial charge is 0.469 e. The Kier molecular flexibility index (Phi) is 5.89. The van der Waals surface area contributed by atoms with Crippen molar-refractivity contribution in [3.05, 3.63) is 59.4 Å². The van der Waals surface area contributed by atoms with Crippen LogP contribution in [0.2, 0.25) is 0 Å². The number of aryl methyl sites for hydroxylation is 1. The van der Waals surface area contributed by atoms with E-state index in [2.05, 4.69) is 9.72 Å². The van der Waals surface area contributed by atoms with Gasteiger partial charge in [-0.05, 0) is 42.3 Å². The molecule has 0 fully saturated rings. The highest BCUT2D eigenvalue weighted by atomic mass is 32.2. The number of hydrogen-bond acceptors (Lipinski definition) is 5. The summed E-state index contributed by atoms with van der Waals surface area (Å²) in [6, 6.07) is 8.23. The molecule has 0 saturated heterocycles. The molecule has 1 aromatic carbocycles. The SMILES string of the molecule is COC(=O)CCc1cc2cccnc2n1Cc1ccc(S(C)(=O)=O)cc1C(F)(F)F. The maximum absolute atomic E-state index is 13.7. The summed E-state index contributed by atoms with van der Waals surface area (Å²) in [7, 11) is -2.54. The minimum absolute atomic E-state index is 0.0615. The lowest BCUT2D eigenvalue weighted by molar-refractivity contribution is -0.140. The van der Waals surface area contributed by atoms with E-state index in [1.54, 1.807) is 22.8 Å². The quantitative estimate of drug-likeness (QED) is 0.547. The second-order valence-corrected chi connectivity index (χ2v) is 8.82. The molecular weight excluding hydrogens is 421 g/mol. The van der Waals surface area contributed by atoms with Crippen molar-refractivity contribution in [3.63, 3.8) is 0 Å². The molecule has 30 heavy (non-hydrogen) atoms. The third-order valence-corrected chi connectivity index (χ3v) is 5.81. The molecule has 0 radical (unpaired) electrons. The standard InChI is InChI=1S/C20H19F3N2O4S/c1-29-18(26)8-6-15-10-13-4-3-9-24-19(13)25(15)12-14-5-7-16(30(2,27)28)11-17(14)20(21,22)23/h3-5,7,9-11H,6,8,12H2,1-2H3. The lowest BCUT2D eigenvalue weighted by atomic mass is 10.1. The summed E-state index contributed by atoms with van der Waals surface area (Å²) in [5.74, 6) is -0.437. The van der Waals surface area contributed by atoms with Crippen LogP contribution in [0.5, 0.6) is 0 Å². The van der Waals surface area contributed by atoms with E-state index in [-0.39, 0.29) is 24.9 Å². The minimum atomic E-state index is -4.74. The van der Waals surface area contributed by atoms with Crippen molar-refractivity contribution in [2.45, 2.75) is 30.5 Å². The van der Waals surface area contributed by atoms with Gasteiger partial charge in [0.2, 0.25) is 0 Å². The summed E-state index contributed by atoms with van der Waals surface area (Å²) in [6.45, 7) is -0.185. The Morgan fingerprint density at radius 1 is 1.20 bits per heavy atom. The number of fused-ring (bicyclic) bond motifs is 1. The first kappa shape index (κ1) is 21.8. The van der Waals surface area contributed by atoms with Crippen molar-refractivity contribution >= 4 is 26.8 Å². The third kappa shape index (κ3) is 4.64. The van der Waals surface area contributed by atoms with E-state index in [4.69, 9.17) is 0 Å². The monoisotopic (exact) mass is 440 g/mol. The molecule has 0 atom stereocenters. The van der Waals surface area contributed by atoms with Gasteiger partial charge in [-0.25, -0.2) is 13.4 Å². The summed E-state index contributed by atoms with van der Waals surface area (Å²) in [5, 5.41) is 0.721. The van der Waals surface area contributed by atoms with Crippen LogP contribution in [0, 0.1) is 0 Å². The Morgan fingerprint density at radius 2 is 1.93 bits per heavy atom. The average Bonchev–Trinajstić information content (AvgIpc) is 3.02. The van der Waals surface area contributed by atoms with Gasteiger partial charge >= 0.3 is 12.1 Å². The number of benzene rings is 1. The van der Waals surface area contributed by atoms with E-state index >= 15 is 0 Å². The Labute approximate surface area is 171 Å². The summed E-state index contributed by atoms with van der Waals surface area (Å²) in [5.41, 5.74) is -0.0356. The number of rotatable bonds is 6. The maximum atomic E-state index is 13.7. The number of esters is 1. The highest BCUT2D eigenvalue weighted by Crippen LogP contribution is 2.35. The maximum Gasteiger partial charge on any atom is 0.416 e. The number of halogens is 3. The first-order chi connectivity index (χ1) is 14.0. The zero-order valence-electron chi connectivity index (χ0n) is 16.2.